The number of nitrogens with zero attached hydrogens (tertiary/aromatic N) is 2. The standard InChI is InChI=1S/C56H56N2/c1-5-53-33-19-35-55(53,7-3)57(49-27-17-15-25-47(49)53)41-29-31-43-45(37-41)51(39-21-11-9-12-22-39)44-32-30-42(38-46(44)52(43)40-23-13-10-14-24-40)58-50-28-18-16-26-48(50)54(6-2)34-20-36-56(54,58)8-4/h9-18,21-32,37-38H,5-8,19-20,33-36H2,1-4H3. The van der Waals surface area contributed by atoms with Gasteiger partial charge in [-0.2, -0.15) is 0 Å². The van der Waals surface area contributed by atoms with Crippen molar-refractivity contribution in [3.8, 4) is 22.3 Å². The molecule has 0 radical (unpaired) electrons. The molecule has 4 atom stereocenters. The Labute approximate surface area is 345 Å². The minimum atomic E-state index is 0.0647. The Morgan fingerprint density at radius 3 is 1.19 bits per heavy atom. The maximum Gasteiger partial charge on any atom is 0.0545 e. The summed E-state index contributed by atoms with van der Waals surface area (Å²) in [7, 11) is 0. The van der Waals surface area contributed by atoms with Gasteiger partial charge in [0.2, 0.25) is 0 Å². The highest BCUT2D eigenvalue weighted by Crippen LogP contribution is 2.67. The number of benzene rings is 7. The molecule has 58 heavy (non-hydrogen) atoms. The van der Waals surface area contributed by atoms with Crippen molar-refractivity contribution in [2.45, 2.75) is 114 Å². The molecule has 0 spiro atoms. The lowest BCUT2D eigenvalue weighted by Gasteiger charge is -2.46. The van der Waals surface area contributed by atoms with Gasteiger partial charge in [0.25, 0.3) is 0 Å². The van der Waals surface area contributed by atoms with Gasteiger partial charge in [-0.15, -0.1) is 0 Å². The second-order valence-corrected chi connectivity index (χ2v) is 18.0. The fourth-order valence-corrected chi connectivity index (χ4v) is 14.2. The monoisotopic (exact) mass is 756 g/mol. The zero-order valence-electron chi connectivity index (χ0n) is 34.8. The first-order valence-electron chi connectivity index (χ1n) is 22.5. The second-order valence-electron chi connectivity index (χ2n) is 18.0. The second kappa shape index (κ2) is 13.1. The van der Waals surface area contributed by atoms with Gasteiger partial charge >= 0.3 is 0 Å². The largest absolute Gasteiger partial charge is 0.334 e. The van der Waals surface area contributed by atoms with Crippen LogP contribution >= 0.6 is 0 Å². The normalized spacial score (nSPS) is 25.7. The van der Waals surface area contributed by atoms with Crippen LogP contribution in [0, 0.1) is 0 Å². The number of fused-ring (bicyclic) bond motifs is 8. The Bertz CT molecular complexity index is 2530. The van der Waals surface area contributed by atoms with E-state index in [4.69, 9.17) is 0 Å². The summed E-state index contributed by atoms with van der Waals surface area (Å²) in [5.74, 6) is 0. The summed E-state index contributed by atoms with van der Waals surface area (Å²) in [6, 6.07) is 56.3. The van der Waals surface area contributed by atoms with Crippen LogP contribution < -0.4 is 9.80 Å². The smallest absolute Gasteiger partial charge is 0.0545 e. The summed E-state index contributed by atoms with van der Waals surface area (Å²) < 4.78 is 0. The van der Waals surface area contributed by atoms with Crippen LogP contribution in [0.25, 0.3) is 43.8 Å². The minimum absolute atomic E-state index is 0.0647. The quantitative estimate of drug-likeness (QED) is 0.143. The lowest BCUT2D eigenvalue weighted by atomic mass is 9.66. The molecule has 2 aliphatic heterocycles. The SMILES string of the molecule is CCC12CCCC1(CC)N(c1ccc3c(-c4ccccc4)c4cc(N5c6ccccc6C6(CC)CCCC56CC)ccc4c(-c4ccccc4)c3c1)c1ccccc12. The van der Waals surface area contributed by atoms with Crippen LogP contribution in [0.5, 0.6) is 0 Å². The topological polar surface area (TPSA) is 6.48 Å². The van der Waals surface area contributed by atoms with Gasteiger partial charge in [0, 0.05) is 33.6 Å². The summed E-state index contributed by atoms with van der Waals surface area (Å²) in [4.78, 5) is 5.61. The summed E-state index contributed by atoms with van der Waals surface area (Å²) in [6.45, 7) is 9.77. The molecule has 0 amide bonds. The van der Waals surface area contributed by atoms with E-state index in [0.717, 1.165) is 12.8 Å². The van der Waals surface area contributed by atoms with Gasteiger partial charge < -0.3 is 9.80 Å². The molecule has 2 heterocycles. The molecule has 2 nitrogen and oxygen atoms in total. The average Bonchev–Trinajstić information content (AvgIpc) is 3.98. The van der Waals surface area contributed by atoms with Gasteiger partial charge in [0.05, 0.1) is 11.1 Å². The summed E-state index contributed by atoms with van der Waals surface area (Å²) in [6.07, 6.45) is 12.1. The molecule has 2 saturated carbocycles. The molecule has 0 N–H and O–H groups in total. The van der Waals surface area contributed by atoms with Crippen LogP contribution in [-0.2, 0) is 10.8 Å². The highest BCUT2D eigenvalue weighted by Gasteiger charge is 2.63. The van der Waals surface area contributed by atoms with E-state index in [-0.39, 0.29) is 21.9 Å². The molecule has 4 aliphatic rings. The fourth-order valence-electron chi connectivity index (χ4n) is 14.2. The van der Waals surface area contributed by atoms with Gasteiger partial charge in [-0.3, -0.25) is 0 Å². The number of hydrogen-bond donors (Lipinski definition) is 0. The Morgan fingerprint density at radius 2 is 0.793 bits per heavy atom. The summed E-state index contributed by atoms with van der Waals surface area (Å²) in [5.41, 5.74) is 14.3. The highest BCUT2D eigenvalue weighted by molar-refractivity contribution is 6.22. The van der Waals surface area contributed by atoms with Crippen LogP contribution in [0.3, 0.4) is 0 Å². The molecule has 0 saturated heterocycles. The Balaban J connectivity index is 1.22. The number of hydrogen-bond acceptors (Lipinski definition) is 2. The van der Waals surface area contributed by atoms with Crippen LogP contribution in [0.15, 0.2) is 146 Å². The molecular weight excluding hydrogens is 701 g/mol. The van der Waals surface area contributed by atoms with Crippen molar-refractivity contribution < 1.29 is 0 Å². The molecule has 7 aromatic carbocycles. The van der Waals surface area contributed by atoms with Crippen molar-refractivity contribution in [3.63, 3.8) is 0 Å². The van der Waals surface area contributed by atoms with E-state index >= 15 is 0 Å². The Kier molecular flexibility index (Phi) is 8.08. The molecule has 2 aliphatic carbocycles. The van der Waals surface area contributed by atoms with Crippen molar-refractivity contribution in [2.75, 3.05) is 9.80 Å². The van der Waals surface area contributed by atoms with Crippen LogP contribution in [0.1, 0.15) is 103 Å². The number of para-hydroxylation sites is 2. The highest BCUT2D eigenvalue weighted by atomic mass is 15.3. The Hall–Kier alpha value is -5.34. The van der Waals surface area contributed by atoms with E-state index in [1.807, 2.05) is 0 Å². The van der Waals surface area contributed by atoms with Gasteiger partial charge in [0.15, 0.2) is 0 Å². The van der Waals surface area contributed by atoms with E-state index in [9.17, 15) is 0 Å². The minimum Gasteiger partial charge on any atom is -0.334 e. The first kappa shape index (κ1) is 35.8. The van der Waals surface area contributed by atoms with Gasteiger partial charge in [-0.25, -0.2) is 0 Å². The summed E-state index contributed by atoms with van der Waals surface area (Å²) >= 11 is 0. The average molecular weight is 757 g/mol. The third kappa shape index (κ3) is 4.39. The van der Waals surface area contributed by atoms with E-state index in [0.29, 0.717) is 0 Å². The van der Waals surface area contributed by atoms with Gasteiger partial charge in [-0.05, 0) is 143 Å². The number of anilines is 4. The lowest BCUT2D eigenvalue weighted by molar-refractivity contribution is 0.261. The predicted molar refractivity (Wildman–Crippen MR) is 247 cm³/mol. The molecule has 2 heteroatoms. The predicted octanol–water partition coefficient (Wildman–Crippen LogP) is 15.6. The summed E-state index contributed by atoms with van der Waals surface area (Å²) in [5, 5.41) is 5.30. The number of rotatable bonds is 8. The van der Waals surface area contributed by atoms with E-state index < -0.39 is 0 Å². The van der Waals surface area contributed by atoms with Crippen molar-refractivity contribution in [1.29, 1.82) is 0 Å². The van der Waals surface area contributed by atoms with Crippen LogP contribution in [0.4, 0.5) is 22.7 Å². The van der Waals surface area contributed by atoms with E-state index in [1.165, 1.54) is 118 Å². The van der Waals surface area contributed by atoms with Gasteiger partial charge in [0.1, 0.15) is 0 Å². The zero-order chi connectivity index (χ0) is 39.3. The lowest BCUT2D eigenvalue weighted by Crippen LogP contribution is -2.52. The molecular formula is C56H56N2. The fraction of sp³-hybridized carbons (Fsp3) is 0.321. The van der Waals surface area contributed by atoms with Crippen molar-refractivity contribution >= 4 is 44.3 Å². The van der Waals surface area contributed by atoms with Crippen molar-refractivity contribution in [3.05, 3.63) is 157 Å². The van der Waals surface area contributed by atoms with Crippen LogP contribution in [-0.4, -0.2) is 11.1 Å². The van der Waals surface area contributed by atoms with E-state index in [2.05, 4.69) is 183 Å². The molecule has 4 unspecified atom stereocenters. The third-order valence-corrected chi connectivity index (χ3v) is 16.4. The van der Waals surface area contributed by atoms with Crippen LogP contribution in [0.2, 0.25) is 0 Å². The first-order chi connectivity index (χ1) is 28.5. The molecule has 2 fully saturated rings. The molecule has 7 aromatic rings. The van der Waals surface area contributed by atoms with Crippen molar-refractivity contribution in [1.82, 2.24) is 0 Å². The molecule has 0 aromatic heterocycles. The van der Waals surface area contributed by atoms with Crippen molar-refractivity contribution in [2.24, 2.45) is 0 Å². The van der Waals surface area contributed by atoms with E-state index in [1.54, 1.807) is 11.1 Å². The maximum absolute atomic E-state index is 2.80. The maximum atomic E-state index is 2.80. The Morgan fingerprint density at radius 1 is 0.397 bits per heavy atom. The van der Waals surface area contributed by atoms with Gasteiger partial charge in [-0.1, -0.05) is 150 Å². The molecule has 11 rings (SSSR count). The zero-order valence-corrected chi connectivity index (χ0v) is 34.8. The first-order valence-corrected chi connectivity index (χ1v) is 22.5. The molecule has 290 valence electrons. The third-order valence-electron chi connectivity index (χ3n) is 16.4. The molecule has 0 bridgehead atoms.